The summed E-state index contributed by atoms with van der Waals surface area (Å²) in [7, 11) is 1.69. The van der Waals surface area contributed by atoms with Gasteiger partial charge in [-0.1, -0.05) is 109 Å². The average molecular weight is 588 g/mol. The Morgan fingerprint density at radius 1 is 0.614 bits per heavy atom. The molecule has 0 fully saturated rings. The van der Waals surface area contributed by atoms with Crippen molar-refractivity contribution in [1.82, 2.24) is 4.90 Å². The zero-order valence-electron chi connectivity index (χ0n) is 25.3. The summed E-state index contributed by atoms with van der Waals surface area (Å²) >= 11 is 0. The summed E-state index contributed by atoms with van der Waals surface area (Å²) in [6.07, 6.45) is 1.24. The normalized spacial score (nSPS) is 11.7. The maximum atomic E-state index is 11.5. The van der Waals surface area contributed by atoms with E-state index in [0.29, 0.717) is 31.3 Å². The van der Waals surface area contributed by atoms with Crippen molar-refractivity contribution in [3.05, 3.63) is 161 Å². The molecule has 0 bridgehead atoms. The van der Waals surface area contributed by atoms with Crippen molar-refractivity contribution >= 4 is 0 Å². The Hall–Kier alpha value is -4.58. The molecule has 0 aliphatic heterocycles. The quantitative estimate of drug-likeness (QED) is 0.127. The van der Waals surface area contributed by atoms with E-state index in [1.807, 2.05) is 97.1 Å². The van der Waals surface area contributed by atoms with Crippen molar-refractivity contribution in [2.75, 3.05) is 20.2 Å². The molecule has 0 radical (unpaired) electrons. The number of aliphatic hydroxyl groups excluding tert-OH is 1. The van der Waals surface area contributed by atoms with Crippen molar-refractivity contribution in [1.29, 1.82) is 0 Å². The molecule has 0 spiro atoms. The van der Waals surface area contributed by atoms with Crippen LogP contribution < -0.4 is 14.2 Å². The number of benzene rings is 5. The van der Waals surface area contributed by atoms with Gasteiger partial charge in [0, 0.05) is 13.1 Å². The summed E-state index contributed by atoms with van der Waals surface area (Å²) in [4.78, 5) is 2.33. The molecule has 0 amide bonds. The molecule has 5 nitrogen and oxygen atoms in total. The molecule has 5 aromatic rings. The van der Waals surface area contributed by atoms with Gasteiger partial charge in [0.05, 0.1) is 13.2 Å². The molecule has 226 valence electrons. The summed E-state index contributed by atoms with van der Waals surface area (Å²) in [6, 6.07) is 44.6. The van der Waals surface area contributed by atoms with Crippen molar-refractivity contribution in [3.63, 3.8) is 0 Å². The van der Waals surface area contributed by atoms with E-state index in [1.54, 1.807) is 7.11 Å². The fourth-order valence-corrected chi connectivity index (χ4v) is 5.16. The molecule has 44 heavy (non-hydrogen) atoms. The van der Waals surface area contributed by atoms with Crippen molar-refractivity contribution < 1.29 is 19.3 Å². The van der Waals surface area contributed by atoms with Crippen molar-refractivity contribution in [2.24, 2.45) is 0 Å². The van der Waals surface area contributed by atoms with Crippen LogP contribution in [0.3, 0.4) is 0 Å². The summed E-state index contributed by atoms with van der Waals surface area (Å²) in [5, 5.41) is 11.5. The molecule has 5 aromatic carbocycles. The summed E-state index contributed by atoms with van der Waals surface area (Å²) in [5.41, 5.74) is 5.45. The first-order valence-electron chi connectivity index (χ1n) is 15.2. The molecule has 0 aliphatic rings. The molecule has 0 aromatic heterocycles. The molecule has 0 saturated carbocycles. The minimum Gasteiger partial charge on any atom is -0.497 e. The van der Waals surface area contributed by atoms with Gasteiger partial charge in [-0.3, -0.25) is 4.90 Å². The fraction of sp³-hybridized carbons (Fsp3) is 0.231. The van der Waals surface area contributed by atoms with Gasteiger partial charge < -0.3 is 19.3 Å². The van der Waals surface area contributed by atoms with Gasteiger partial charge in [-0.15, -0.1) is 0 Å². The van der Waals surface area contributed by atoms with Crippen LogP contribution in [0.25, 0.3) is 0 Å². The second-order valence-corrected chi connectivity index (χ2v) is 10.9. The zero-order valence-corrected chi connectivity index (χ0v) is 25.3. The minimum absolute atomic E-state index is 0.410. The van der Waals surface area contributed by atoms with Gasteiger partial charge in [0.25, 0.3) is 0 Å². The predicted octanol–water partition coefficient (Wildman–Crippen LogP) is 8.02. The first-order valence-corrected chi connectivity index (χ1v) is 15.2. The lowest BCUT2D eigenvalue weighted by Gasteiger charge is -2.26. The van der Waals surface area contributed by atoms with Crippen molar-refractivity contribution in [2.45, 2.75) is 38.7 Å². The highest BCUT2D eigenvalue weighted by atomic mass is 16.5. The van der Waals surface area contributed by atoms with Gasteiger partial charge in [0.2, 0.25) is 0 Å². The fourth-order valence-electron chi connectivity index (χ4n) is 5.16. The highest BCUT2D eigenvalue weighted by Crippen LogP contribution is 2.32. The molecule has 0 saturated heterocycles. The van der Waals surface area contributed by atoms with Crippen molar-refractivity contribution in [3.8, 4) is 17.2 Å². The van der Waals surface area contributed by atoms with Crippen LogP contribution in [0.1, 0.15) is 40.3 Å². The monoisotopic (exact) mass is 587 g/mol. The summed E-state index contributed by atoms with van der Waals surface area (Å²) in [5.74, 6) is 2.14. The Balaban J connectivity index is 1.29. The minimum atomic E-state index is -0.693. The number of nitrogens with zero attached hydrogens (tertiary/aromatic N) is 1. The van der Waals surface area contributed by atoms with E-state index in [4.69, 9.17) is 14.2 Å². The van der Waals surface area contributed by atoms with E-state index in [0.717, 1.165) is 48.4 Å². The zero-order chi connectivity index (χ0) is 30.4. The third-order valence-corrected chi connectivity index (χ3v) is 7.61. The first kappa shape index (κ1) is 30.9. The van der Waals surface area contributed by atoms with E-state index in [9.17, 15) is 5.11 Å². The van der Waals surface area contributed by atoms with Crippen LogP contribution in [-0.4, -0.2) is 30.2 Å². The van der Waals surface area contributed by atoms with E-state index < -0.39 is 6.10 Å². The lowest BCUT2D eigenvalue weighted by molar-refractivity contribution is 0.108. The number of ether oxygens (including phenoxy) is 3. The predicted molar refractivity (Wildman–Crippen MR) is 176 cm³/mol. The van der Waals surface area contributed by atoms with Crippen LogP contribution in [0.15, 0.2) is 133 Å². The van der Waals surface area contributed by atoms with Crippen LogP contribution in [0.5, 0.6) is 17.2 Å². The first-order chi connectivity index (χ1) is 21.7. The second-order valence-electron chi connectivity index (χ2n) is 10.9. The molecular weight excluding hydrogens is 546 g/mol. The Bertz CT molecular complexity index is 1530. The highest BCUT2D eigenvalue weighted by Gasteiger charge is 2.17. The summed E-state index contributed by atoms with van der Waals surface area (Å²) < 4.78 is 17.8. The number of aryl methyl sites for hydroxylation is 1. The maximum Gasteiger partial charge on any atom is 0.162 e. The molecule has 1 N–H and O–H groups in total. The average Bonchev–Trinajstić information content (AvgIpc) is 3.08. The number of aliphatic hydroxyl groups is 1. The third-order valence-electron chi connectivity index (χ3n) is 7.61. The van der Waals surface area contributed by atoms with Gasteiger partial charge in [-0.2, -0.15) is 0 Å². The van der Waals surface area contributed by atoms with E-state index in [2.05, 4.69) is 41.3 Å². The molecule has 1 unspecified atom stereocenters. The maximum absolute atomic E-state index is 11.5. The number of hydrogen-bond donors (Lipinski definition) is 1. The van der Waals surface area contributed by atoms with Crippen LogP contribution >= 0.6 is 0 Å². The molecule has 0 heterocycles. The van der Waals surface area contributed by atoms with Gasteiger partial charge in [-0.05, 0) is 71.5 Å². The van der Waals surface area contributed by atoms with Gasteiger partial charge in [0.15, 0.2) is 11.5 Å². The third kappa shape index (κ3) is 9.46. The molecule has 1 atom stereocenters. The van der Waals surface area contributed by atoms with Crippen LogP contribution in [-0.2, 0) is 26.2 Å². The van der Waals surface area contributed by atoms with E-state index >= 15 is 0 Å². The lowest BCUT2D eigenvalue weighted by Crippen LogP contribution is -2.29. The van der Waals surface area contributed by atoms with E-state index in [1.165, 1.54) is 11.1 Å². The standard InChI is InChI=1S/C39H41NO4/c1-42-36-22-19-31(20-23-36)18-11-25-40(27-32-12-5-2-6-13-32)28-37(41)35-21-24-38(43-29-33-14-7-3-8-15-33)39(26-35)44-30-34-16-9-4-10-17-34/h2-10,12-17,19-24,26,37,41H,11,18,25,27-30H2,1H3. The van der Waals surface area contributed by atoms with Gasteiger partial charge in [0.1, 0.15) is 19.0 Å². The molecule has 0 aliphatic carbocycles. The Morgan fingerprint density at radius 3 is 1.77 bits per heavy atom. The smallest absolute Gasteiger partial charge is 0.162 e. The number of methoxy groups -OCH3 is 1. The van der Waals surface area contributed by atoms with Crippen LogP contribution in [0.4, 0.5) is 0 Å². The summed E-state index contributed by atoms with van der Waals surface area (Å²) in [6.45, 7) is 2.96. The topological polar surface area (TPSA) is 51.2 Å². The Kier molecular flexibility index (Phi) is 11.4. The van der Waals surface area contributed by atoms with E-state index in [-0.39, 0.29) is 0 Å². The number of rotatable bonds is 16. The van der Waals surface area contributed by atoms with Crippen LogP contribution in [0.2, 0.25) is 0 Å². The second kappa shape index (κ2) is 16.3. The number of hydrogen-bond acceptors (Lipinski definition) is 5. The molecule has 5 heteroatoms. The molecular formula is C39H41NO4. The van der Waals surface area contributed by atoms with Gasteiger partial charge in [-0.25, -0.2) is 0 Å². The van der Waals surface area contributed by atoms with Crippen LogP contribution in [0, 0.1) is 0 Å². The molecule has 5 rings (SSSR count). The highest BCUT2D eigenvalue weighted by molar-refractivity contribution is 5.44. The Labute approximate surface area is 261 Å². The SMILES string of the molecule is COc1ccc(CCCN(Cc2ccccc2)CC(O)c2ccc(OCc3ccccc3)c(OCc3ccccc3)c2)cc1. The largest absolute Gasteiger partial charge is 0.497 e. The lowest BCUT2D eigenvalue weighted by atomic mass is 10.1. The Morgan fingerprint density at radius 2 is 1.18 bits per heavy atom. The van der Waals surface area contributed by atoms with Gasteiger partial charge >= 0.3 is 0 Å².